The van der Waals surface area contributed by atoms with Gasteiger partial charge in [-0.3, -0.25) is 4.68 Å². The minimum Gasteiger partial charge on any atom is -0.368 e. The summed E-state index contributed by atoms with van der Waals surface area (Å²) in [6, 6.07) is 0. The topological polar surface area (TPSA) is 58.9 Å². The van der Waals surface area contributed by atoms with Crippen molar-refractivity contribution in [3.63, 3.8) is 0 Å². The highest BCUT2D eigenvalue weighted by Crippen LogP contribution is 2.20. The van der Waals surface area contributed by atoms with Crippen LogP contribution < -0.4 is 5.32 Å². The molecule has 92 valence electrons. The van der Waals surface area contributed by atoms with Crippen molar-refractivity contribution in [2.75, 3.05) is 32.5 Å². The monoisotopic (exact) mass is 254 g/mol. The van der Waals surface area contributed by atoms with Gasteiger partial charge in [0.15, 0.2) is 5.65 Å². The number of nitrogens with one attached hydrogen (secondary N) is 1. The van der Waals surface area contributed by atoms with E-state index >= 15 is 0 Å². The first-order chi connectivity index (χ1) is 8.08. The second kappa shape index (κ2) is 4.85. The van der Waals surface area contributed by atoms with Crippen LogP contribution in [-0.2, 0) is 7.05 Å². The number of hydrogen-bond acceptors (Lipinski definition) is 5. The molecule has 1 N–H and O–H groups in total. The third kappa shape index (κ3) is 2.65. The fourth-order valence-corrected chi connectivity index (χ4v) is 1.69. The van der Waals surface area contributed by atoms with E-state index in [1.165, 1.54) is 0 Å². The molecule has 0 unspecified atom stereocenters. The van der Waals surface area contributed by atoms with E-state index in [4.69, 9.17) is 11.6 Å². The van der Waals surface area contributed by atoms with E-state index in [0.29, 0.717) is 0 Å². The lowest BCUT2D eigenvalue weighted by Crippen LogP contribution is -2.21. The molecule has 0 spiro atoms. The largest absolute Gasteiger partial charge is 0.368 e. The molecule has 7 heteroatoms. The number of hydrogen-bond donors (Lipinski definition) is 1. The van der Waals surface area contributed by atoms with Crippen LogP contribution in [0.2, 0.25) is 5.28 Å². The molecule has 0 aliphatic carbocycles. The van der Waals surface area contributed by atoms with Gasteiger partial charge in [0.1, 0.15) is 5.82 Å². The molecule has 17 heavy (non-hydrogen) atoms. The lowest BCUT2D eigenvalue weighted by atomic mass is 10.4. The molecule has 0 bridgehead atoms. The molecule has 2 heterocycles. The van der Waals surface area contributed by atoms with E-state index in [-0.39, 0.29) is 5.28 Å². The summed E-state index contributed by atoms with van der Waals surface area (Å²) >= 11 is 5.88. The maximum Gasteiger partial charge on any atom is 0.226 e. The van der Waals surface area contributed by atoms with E-state index in [0.717, 1.165) is 29.9 Å². The van der Waals surface area contributed by atoms with E-state index in [9.17, 15) is 0 Å². The number of halogens is 1. The zero-order valence-electron chi connectivity index (χ0n) is 10.1. The number of nitrogens with zero attached hydrogens (tertiary/aromatic N) is 5. The number of rotatable bonds is 4. The van der Waals surface area contributed by atoms with Gasteiger partial charge < -0.3 is 10.2 Å². The van der Waals surface area contributed by atoms with E-state index in [2.05, 4.69) is 25.3 Å². The molecule has 0 saturated carbocycles. The Labute approximate surface area is 105 Å². The molecular formula is C10H15ClN6. The molecule has 0 fully saturated rings. The third-order valence-corrected chi connectivity index (χ3v) is 2.59. The number of fused-ring (bicyclic) bond motifs is 1. The quantitative estimate of drug-likeness (QED) is 0.825. The standard InChI is InChI=1S/C10H15ClN6/c1-16(2)5-4-12-8-7-6-13-17(3)9(7)15-10(11)14-8/h6H,4-5H2,1-3H3,(H,12,14,15). The highest BCUT2D eigenvalue weighted by atomic mass is 35.5. The molecule has 6 nitrogen and oxygen atoms in total. The Morgan fingerprint density at radius 3 is 2.88 bits per heavy atom. The van der Waals surface area contributed by atoms with Crippen LogP contribution in [0.3, 0.4) is 0 Å². The first-order valence-electron chi connectivity index (χ1n) is 5.32. The van der Waals surface area contributed by atoms with Gasteiger partial charge in [-0.2, -0.15) is 15.1 Å². The first-order valence-corrected chi connectivity index (χ1v) is 5.69. The molecular weight excluding hydrogens is 240 g/mol. The van der Waals surface area contributed by atoms with Gasteiger partial charge in [-0.1, -0.05) is 0 Å². The fraction of sp³-hybridized carbons (Fsp3) is 0.500. The van der Waals surface area contributed by atoms with Crippen LogP contribution in [0, 0.1) is 0 Å². The summed E-state index contributed by atoms with van der Waals surface area (Å²) in [5, 5.41) is 8.50. The van der Waals surface area contributed by atoms with Crippen molar-refractivity contribution in [2.45, 2.75) is 0 Å². The molecule has 0 aliphatic rings. The van der Waals surface area contributed by atoms with Gasteiger partial charge in [-0.25, -0.2) is 0 Å². The SMILES string of the molecule is CN(C)CCNc1nc(Cl)nc2c1cnn2C. The predicted molar refractivity (Wildman–Crippen MR) is 68.4 cm³/mol. The van der Waals surface area contributed by atoms with E-state index < -0.39 is 0 Å². The fourth-order valence-electron chi connectivity index (χ4n) is 1.53. The maximum absolute atomic E-state index is 5.88. The minimum atomic E-state index is 0.230. The van der Waals surface area contributed by atoms with Crippen LogP contribution in [0.4, 0.5) is 5.82 Å². The summed E-state index contributed by atoms with van der Waals surface area (Å²) in [5.41, 5.74) is 0.734. The predicted octanol–water partition coefficient (Wildman–Crippen LogP) is 0.990. The number of aromatic nitrogens is 4. The van der Waals surface area contributed by atoms with Crippen LogP contribution >= 0.6 is 11.6 Å². The summed E-state index contributed by atoms with van der Waals surface area (Å²) in [4.78, 5) is 10.4. The van der Waals surface area contributed by atoms with Gasteiger partial charge in [-0.15, -0.1) is 0 Å². The van der Waals surface area contributed by atoms with Crippen LogP contribution in [0.5, 0.6) is 0 Å². The Kier molecular flexibility index (Phi) is 3.44. The van der Waals surface area contributed by atoms with Crippen molar-refractivity contribution in [3.8, 4) is 0 Å². The highest BCUT2D eigenvalue weighted by Gasteiger charge is 2.09. The summed E-state index contributed by atoms with van der Waals surface area (Å²) in [6.07, 6.45) is 1.74. The van der Waals surface area contributed by atoms with Crippen molar-refractivity contribution in [3.05, 3.63) is 11.5 Å². The third-order valence-electron chi connectivity index (χ3n) is 2.42. The summed E-state index contributed by atoms with van der Waals surface area (Å²) in [6.45, 7) is 1.72. The van der Waals surface area contributed by atoms with Crippen molar-refractivity contribution in [1.29, 1.82) is 0 Å². The normalized spacial score (nSPS) is 11.4. The lowest BCUT2D eigenvalue weighted by Gasteiger charge is -2.11. The molecule has 2 aromatic heterocycles. The Morgan fingerprint density at radius 1 is 1.41 bits per heavy atom. The number of aryl methyl sites for hydroxylation is 1. The first kappa shape index (κ1) is 12.1. The average molecular weight is 255 g/mol. The van der Waals surface area contributed by atoms with Crippen LogP contribution in [0.1, 0.15) is 0 Å². The van der Waals surface area contributed by atoms with Gasteiger partial charge >= 0.3 is 0 Å². The second-order valence-corrected chi connectivity index (χ2v) is 4.41. The molecule has 2 aromatic rings. The average Bonchev–Trinajstić information content (AvgIpc) is 2.60. The zero-order chi connectivity index (χ0) is 12.4. The van der Waals surface area contributed by atoms with Crippen LogP contribution in [-0.4, -0.2) is 51.8 Å². The Morgan fingerprint density at radius 2 is 2.18 bits per heavy atom. The highest BCUT2D eigenvalue weighted by molar-refractivity contribution is 6.28. The van der Waals surface area contributed by atoms with Crippen LogP contribution in [0.25, 0.3) is 11.0 Å². The van der Waals surface area contributed by atoms with Gasteiger partial charge in [0.2, 0.25) is 5.28 Å². The summed E-state index contributed by atoms with van der Waals surface area (Å²) < 4.78 is 1.68. The van der Waals surface area contributed by atoms with Crippen LogP contribution in [0.15, 0.2) is 6.20 Å². The molecule has 0 amide bonds. The van der Waals surface area contributed by atoms with Gasteiger partial charge in [0, 0.05) is 20.1 Å². The molecule has 0 aliphatic heterocycles. The molecule has 2 rings (SSSR count). The second-order valence-electron chi connectivity index (χ2n) is 4.08. The van der Waals surface area contributed by atoms with Gasteiger partial charge in [0.25, 0.3) is 0 Å². The molecule has 0 radical (unpaired) electrons. The summed E-state index contributed by atoms with van der Waals surface area (Å²) in [7, 11) is 5.87. The smallest absolute Gasteiger partial charge is 0.226 e. The minimum absolute atomic E-state index is 0.230. The van der Waals surface area contributed by atoms with Crippen molar-refractivity contribution >= 4 is 28.5 Å². The zero-order valence-corrected chi connectivity index (χ0v) is 10.9. The maximum atomic E-state index is 5.88. The Hall–Kier alpha value is -1.40. The van der Waals surface area contributed by atoms with Crippen molar-refractivity contribution in [1.82, 2.24) is 24.6 Å². The van der Waals surface area contributed by atoms with E-state index in [1.54, 1.807) is 10.9 Å². The Balaban J connectivity index is 2.26. The number of anilines is 1. The molecule has 0 aromatic carbocycles. The van der Waals surface area contributed by atoms with Crippen molar-refractivity contribution in [2.24, 2.45) is 7.05 Å². The lowest BCUT2D eigenvalue weighted by molar-refractivity contribution is 0.425. The Bertz CT molecular complexity index is 521. The van der Waals surface area contributed by atoms with Gasteiger partial charge in [-0.05, 0) is 25.7 Å². The molecule has 0 atom stereocenters. The number of likely N-dealkylation sites (N-methyl/N-ethyl adjacent to an activating group) is 1. The van der Waals surface area contributed by atoms with E-state index in [1.807, 2.05) is 21.1 Å². The summed E-state index contributed by atoms with van der Waals surface area (Å²) in [5.74, 6) is 0.731. The molecule has 0 saturated heterocycles. The van der Waals surface area contributed by atoms with Crippen molar-refractivity contribution < 1.29 is 0 Å². The van der Waals surface area contributed by atoms with Gasteiger partial charge in [0.05, 0.1) is 11.6 Å².